The van der Waals surface area contributed by atoms with Crippen LogP contribution < -0.4 is 35.9 Å². The molecule has 13 rings (SSSR count). The summed E-state index contributed by atoms with van der Waals surface area (Å²) in [6.45, 7) is 9.73. The van der Waals surface area contributed by atoms with Crippen molar-refractivity contribution in [2.45, 2.75) is 245 Å². The lowest BCUT2D eigenvalue weighted by molar-refractivity contribution is -0.142. The zero-order chi connectivity index (χ0) is 78.9. The molecule has 5 aliphatic carbocycles. The van der Waals surface area contributed by atoms with Gasteiger partial charge in [-0.3, -0.25) is 48.0 Å². The van der Waals surface area contributed by atoms with E-state index in [-0.39, 0.29) is 103 Å². The van der Waals surface area contributed by atoms with E-state index in [0.29, 0.717) is 80.0 Å². The van der Waals surface area contributed by atoms with Gasteiger partial charge in [-0.2, -0.15) is 0 Å². The van der Waals surface area contributed by atoms with Gasteiger partial charge in [0.15, 0.2) is 0 Å². The first-order valence-electron chi connectivity index (χ1n) is 36.9. The molecule has 2 aromatic carbocycles. The van der Waals surface area contributed by atoms with Crippen LogP contribution in [0.15, 0.2) is 48.6 Å². The van der Waals surface area contributed by atoms with Crippen molar-refractivity contribution in [3.8, 4) is 0 Å². The molecule has 0 spiro atoms. The fraction of sp³-hybridized carbons (Fsp3) is 0.662. The van der Waals surface area contributed by atoms with E-state index in [4.69, 9.17) is 33.6 Å². The molecule has 6 aliphatic heterocycles. The van der Waals surface area contributed by atoms with Crippen molar-refractivity contribution >= 4 is 89.9 Å². The van der Waals surface area contributed by atoms with Gasteiger partial charge in [-0.25, -0.2) is 58.4 Å². The van der Waals surface area contributed by atoms with Gasteiger partial charge >= 0.3 is 24.4 Å². The number of sulfonamides is 3. The molecule has 109 heavy (non-hydrogen) atoms. The zero-order valence-corrected chi connectivity index (χ0v) is 64.1. The topological polar surface area (TPSA) is 440 Å². The second kappa shape index (κ2) is 32.5. The Bertz CT molecular complexity index is 4260. The van der Waals surface area contributed by atoms with Crippen molar-refractivity contribution in [2.75, 3.05) is 39.5 Å². The van der Waals surface area contributed by atoms with Crippen molar-refractivity contribution < 1.29 is 110 Å². The third-order valence-electron chi connectivity index (χ3n) is 20.5. The molecule has 5 saturated carbocycles. The number of halogens is 2. The molecular formula is C71H97F2N11O22S3. The van der Waals surface area contributed by atoms with Crippen molar-refractivity contribution in [2.24, 2.45) is 17.0 Å². The molecular weight excluding hydrogens is 1490 g/mol. The van der Waals surface area contributed by atoms with E-state index in [0.717, 1.165) is 24.2 Å². The highest BCUT2D eigenvalue weighted by molar-refractivity contribution is 7.91. The number of hydrogen-bond acceptors (Lipinski definition) is 22. The second-order valence-corrected chi connectivity index (χ2v) is 37.5. The van der Waals surface area contributed by atoms with Gasteiger partial charge in [-0.05, 0) is 148 Å². The van der Waals surface area contributed by atoms with Gasteiger partial charge in [0.25, 0.3) is 11.8 Å². The molecule has 33 nitrogen and oxygen atoms in total. The minimum Gasteiger partial charge on any atom is -0.444 e. The summed E-state index contributed by atoms with van der Waals surface area (Å²) in [4.78, 5) is 141. The van der Waals surface area contributed by atoms with E-state index in [1.807, 2.05) is 6.08 Å². The van der Waals surface area contributed by atoms with Gasteiger partial charge in [0.2, 0.25) is 53.7 Å². The third kappa shape index (κ3) is 20.6. The van der Waals surface area contributed by atoms with Gasteiger partial charge in [0.05, 0.1) is 55.1 Å². The maximum atomic E-state index is 14.4. The number of benzene rings is 2. The SMILES string of the molecule is CC(C)(C)OC(=O)N[C@H]1COCCC/C=C\[C@@H]2C[C@@]2(C(=O)NS(=O)(=O)C2CC2)NC(=O)[C@@H]2C[C@@H](OC(=O)N3Cc4cccc(F)c4C3)CN2C1=O.CC(C)(C)OC(=O)N[C@H]1COCCCCC[C@@H]2C[C@@]2(C(=O)NS(=O)(=O)C2CC2)NC(=O)[C@@H]2C[C@@H](OC(=O)N3Cc4cccc(F)c4C3)CN2C1=O.NS(=O)(=O)C1CC1. The van der Waals surface area contributed by atoms with E-state index in [1.165, 1.54) is 26.8 Å². The van der Waals surface area contributed by atoms with Gasteiger partial charge in [0, 0.05) is 56.2 Å². The average Bonchev–Trinajstić information content (AvgIpc) is 1.58. The fourth-order valence-electron chi connectivity index (χ4n) is 14.1. The summed E-state index contributed by atoms with van der Waals surface area (Å²) in [5.41, 5.74) is -2.81. The highest BCUT2D eigenvalue weighted by atomic mass is 32.2. The first-order valence-corrected chi connectivity index (χ1v) is 41.6. The number of carbonyl (C=O) groups excluding carboxylic acids is 10. The predicted molar refractivity (Wildman–Crippen MR) is 381 cm³/mol. The second-order valence-electron chi connectivity index (χ2n) is 31.7. The number of fused-ring (bicyclic) bond motifs is 6. The Morgan fingerprint density at radius 3 is 1.43 bits per heavy atom. The number of primary sulfonamides is 1. The number of hydrogen-bond donors (Lipinski definition) is 7. The molecule has 38 heteroatoms. The van der Waals surface area contributed by atoms with Crippen LogP contribution in [0.1, 0.15) is 167 Å². The van der Waals surface area contributed by atoms with Crippen molar-refractivity contribution in [1.29, 1.82) is 0 Å². The lowest BCUT2D eigenvalue weighted by Gasteiger charge is -2.30. The Hall–Kier alpha value is -8.33. The Morgan fingerprint density at radius 1 is 0.569 bits per heavy atom. The van der Waals surface area contributed by atoms with Crippen LogP contribution in [-0.2, 0) is 113 Å². The van der Waals surface area contributed by atoms with E-state index in [2.05, 4.69) is 30.7 Å². The summed E-state index contributed by atoms with van der Waals surface area (Å²) >= 11 is 0. The summed E-state index contributed by atoms with van der Waals surface area (Å²) in [6.07, 6.45) is 5.27. The highest BCUT2D eigenvalue weighted by Crippen LogP contribution is 2.49. The fourth-order valence-corrected chi connectivity index (χ4v) is 17.6. The van der Waals surface area contributed by atoms with Crippen molar-refractivity contribution in [3.63, 3.8) is 0 Å². The normalized spacial score (nSPS) is 28.4. The summed E-state index contributed by atoms with van der Waals surface area (Å²) in [5, 5.41) is 13.8. The molecule has 600 valence electrons. The number of nitrogens with zero attached hydrogens (tertiary/aromatic N) is 4. The van der Waals surface area contributed by atoms with Crippen LogP contribution in [0.3, 0.4) is 0 Å². The molecule has 10 atom stereocenters. The molecule has 0 bridgehead atoms. The summed E-state index contributed by atoms with van der Waals surface area (Å²) in [6, 6.07) is 4.03. The molecule has 8 fully saturated rings. The zero-order valence-electron chi connectivity index (χ0n) is 61.7. The maximum absolute atomic E-state index is 14.4. The van der Waals surface area contributed by atoms with Crippen LogP contribution in [0, 0.1) is 23.5 Å². The van der Waals surface area contributed by atoms with Crippen molar-refractivity contribution in [3.05, 3.63) is 82.4 Å². The lowest BCUT2D eigenvalue weighted by atomic mass is 10.1. The number of allylic oxidation sites excluding steroid dienone is 1. The Kier molecular flexibility index (Phi) is 24.4. The van der Waals surface area contributed by atoms with Crippen LogP contribution in [0.2, 0.25) is 0 Å². The van der Waals surface area contributed by atoms with Crippen molar-refractivity contribution in [1.82, 2.24) is 50.3 Å². The maximum Gasteiger partial charge on any atom is 0.410 e. The van der Waals surface area contributed by atoms with Gasteiger partial charge in [0.1, 0.15) is 70.3 Å². The van der Waals surface area contributed by atoms with Gasteiger partial charge < -0.3 is 59.5 Å². The lowest BCUT2D eigenvalue weighted by Crippen LogP contribution is -2.59. The Balaban J connectivity index is 0.000000198. The molecule has 11 aliphatic rings. The molecule has 0 aromatic heterocycles. The van der Waals surface area contributed by atoms with E-state index < -0.39 is 177 Å². The summed E-state index contributed by atoms with van der Waals surface area (Å²) in [7, 11) is -11.0. The van der Waals surface area contributed by atoms with E-state index in [9.17, 15) is 82.0 Å². The molecule has 3 saturated heterocycles. The van der Waals surface area contributed by atoms with Crippen LogP contribution in [0.4, 0.5) is 28.0 Å². The Morgan fingerprint density at radius 2 is 1.01 bits per heavy atom. The number of rotatable bonds is 11. The summed E-state index contributed by atoms with van der Waals surface area (Å²) < 4.78 is 138. The van der Waals surface area contributed by atoms with E-state index in [1.54, 1.807) is 71.9 Å². The number of ether oxygens (including phenoxy) is 6. The predicted octanol–water partition coefficient (Wildman–Crippen LogP) is 3.64. The molecule has 0 unspecified atom stereocenters. The first kappa shape index (κ1) is 81.7. The molecule has 8 N–H and O–H groups in total. The van der Waals surface area contributed by atoms with E-state index >= 15 is 0 Å². The molecule has 2 aromatic rings. The molecule has 0 radical (unpaired) electrons. The van der Waals surface area contributed by atoms with Crippen LogP contribution in [0.5, 0.6) is 0 Å². The minimum absolute atomic E-state index is 0.0118. The Labute approximate surface area is 631 Å². The molecule has 6 heterocycles. The summed E-state index contributed by atoms with van der Waals surface area (Å²) in [5.74, 6) is -6.33. The smallest absolute Gasteiger partial charge is 0.410 e. The standard InChI is InChI=1S/C34H46FN5O10S.C34H44FN5O10S.C3H7NO2S/c2*1-33(2,3)50-31(44)36-26-19-48-13-6-4-5-9-21-15-34(21,30(43)38-51(46,47)23-11-12-23)37-28(41)27-14-22(17-40(27)29(26)42)49-32(45)39-16-20-8-7-10-25(35)24(20)18-39;4-7(5,6)3-1-2-3/h7-8,10,21-23,26-27H,4-6,9,11-19H2,1-3H3,(H,36,44)(H,37,41)(H,38,43);5,7-10,21-23,26-27H,4,6,11-19H2,1-3H3,(H,36,44)(H,37,41)(H,38,43);3H,1-2H2,(H2,4,5,6)/b;9-5-;/t2*21-,22-,26+,27+,34-;/m11./s1. The van der Waals surface area contributed by atoms with Crippen LogP contribution in [0.25, 0.3) is 0 Å². The molecule has 10 amide bonds. The number of amides is 10. The largest absolute Gasteiger partial charge is 0.444 e. The minimum atomic E-state index is -3.94. The monoisotopic (exact) mass is 1590 g/mol. The number of nitrogens with one attached hydrogen (secondary N) is 6. The average molecular weight is 1590 g/mol. The number of carbonyl (C=O) groups is 10. The van der Waals surface area contributed by atoms with Gasteiger partial charge in [-0.15, -0.1) is 0 Å². The first-order chi connectivity index (χ1) is 51.2. The number of nitrogens with two attached hydrogens (primary N) is 1. The highest BCUT2D eigenvalue weighted by Gasteiger charge is 2.64. The quantitative estimate of drug-likeness (QED) is 0.125. The number of alkyl carbamates (subject to hydrolysis) is 2. The van der Waals surface area contributed by atoms with Crippen LogP contribution >= 0.6 is 0 Å². The third-order valence-corrected chi connectivity index (χ3v) is 25.6. The van der Waals surface area contributed by atoms with Gasteiger partial charge in [-0.1, -0.05) is 49.3 Å². The van der Waals surface area contributed by atoms with Crippen LogP contribution in [-0.4, -0.2) is 219 Å².